The van der Waals surface area contributed by atoms with Crippen molar-refractivity contribution in [1.82, 2.24) is 4.90 Å². The van der Waals surface area contributed by atoms with Crippen LogP contribution in [0.15, 0.2) is 48.5 Å². The van der Waals surface area contributed by atoms with Crippen LogP contribution in [-0.2, 0) is 25.7 Å². The third kappa shape index (κ3) is 7.16. The number of hydrogen-bond acceptors (Lipinski definition) is 7. The molecule has 218 valence electrons. The first-order valence-corrected chi connectivity index (χ1v) is 14.3. The first-order chi connectivity index (χ1) is 19.1. The van der Waals surface area contributed by atoms with Crippen LogP contribution in [0, 0.1) is 5.92 Å². The Labute approximate surface area is 234 Å². The number of ether oxygens (including phenoxy) is 2. The molecule has 0 aromatic heterocycles. The zero-order valence-corrected chi connectivity index (χ0v) is 22.8. The SMILES string of the molecule is C[C@@H]1[C@H](CSCCO)O[C@H](c2cccc(NC(=O)[C@@H]3CCCN3C(=O)C(F)(F)F)c2)O[C@@H]1c1ccc(CO)cc1. The number of amides is 2. The van der Waals surface area contributed by atoms with E-state index >= 15 is 0 Å². The van der Waals surface area contributed by atoms with E-state index in [1.54, 1.807) is 36.0 Å². The molecule has 0 spiro atoms. The second-order valence-corrected chi connectivity index (χ2v) is 11.0. The van der Waals surface area contributed by atoms with Crippen LogP contribution in [0.4, 0.5) is 18.9 Å². The predicted octanol–water partition coefficient (Wildman–Crippen LogP) is 4.19. The molecule has 0 radical (unpaired) electrons. The van der Waals surface area contributed by atoms with Crippen LogP contribution in [0.2, 0.25) is 0 Å². The molecule has 8 nitrogen and oxygen atoms in total. The molecule has 0 bridgehead atoms. The lowest BCUT2D eigenvalue weighted by atomic mass is 9.91. The van der Waals surface area contributed by atoms with Crippen LogP contribution >= 0.6 is 11.8 Å². The topological polar surface area (TPSA) is 108 Å². The number of alkyl halides is 3. The number of carbonyl (C=O) groups is 2. The van der Waals surface area contributed by atoms with Crippen LogP contribution in [0.25, 0.3) is 0 Å². The van der Waals surface area contributed by atoms with E-state index in [-0.39, 0.29) is 44.3 Å². The third-order valence-corrected chi connectivity index (χ3v) is 8.16. The molecule has 2 aromatic carbocycles. The Balaban J connectivity index is 1.52. The van der Waals surface area contributed by atoms with E-state index in [9.17, 15) is 33.0 Å². The molecule has 40 heavy (non-hydrogen) atoms. The summed E-state index contributed by atoms with van der Waals surface area (Å²) in [5, 5.41) is 21.3. The maximum absolute atomic E-state index is 13.0. The largest absolute Gasteiger partial charge is 0.471 e. The Morgan fingerprint density at radius 3 is 2.52 bits per heavy atom. The first kappa shape index (κ1) is 30.3. The number of aliphatic hydroxyl groups excluding tert-OH is 2. The van der Waals surface area contributed by atoms with Crippen LogP contribution in [0.1, 0.15) is 48.8 Å². The molecule has 0 unspecified atom stereocenters. The van der Waals surface area contributed by atoms with Gasteiger partial charge in [0.15, 0.2) is 6.29 Å². The fourth-order valence-electron chi connectivity index (χ4n) is 5.01. The molecule has 2 fully saturated rings. The molecule has 2 saturated heterocycles. The molecule has 2 aliphatic heterocycles. The molecule has 4 rings (SSSR count). The van der Waals surface area contributed by atoms with Crippen LogP contribution in [-0.4, -0.2) is 69.9 Å². The van der Waals surface area contributed by atoms with Gasteiger partial charge in [0.1, 0.15) is 6.04 Å². The van der Waals surface area contributed by atoms with E-state index in [0.29, 0.717) is 34.1 Å². The second kappa shape index (κ2) is 13.3. The van der Waals surface area contributed by atoms with E-state index in [1.807, 2.05) is 31.2 Å². The lowest BCUT2D eigenvalue weighted by Crippen LogP contribution is -2.48. The molecular formula is C28H33F3N2O6S. The summed E-state index contributed by atoms with van der Waals surface area (Å²) in [6.45, 7) is 1.87. The smallest absolute Gasteiger partial charge is 0.396 e. The number of likely N-dealkylation sites (tertiary alicyclic amines) is 1. The van der Waals surface area contributed by atoms with E-state index < -0.39 is 30.3 Å². The lowest BCUT2D eigenvalue weighted by molar-refractivity contribution is -0.268. The van der Waals surface area contributed by atoms with Gasteiger partial charge in [-0.3, -0.25) is 9.59 Å². The van der Waals surface area contributed by atoms with Crippen LogP contribution < -0.4 is 5.32 Å². The third-order valence-electron chi connectivity index (χ3n) is 7.13. The highest BCUT2D eigenvalue weighted by atomic mass is 32.2. The Bertz CT molecular complexity index is 1170. The number of benzene rings is 2. The molecule has 0 aliphatic carbocycles. The number of anilines is 1. The predicted molar refractivity (Wildman–Crippen MR) is 143 cm³/mol. The molecule has 2 aromatic rings. The quantitative estimate of drug-likeness (QED) is 0.381. The number of nitrogens with zero attached hydrogens (tertiary/aromatic N) is 1. The first-order valence-electron chi connectivity index (χ1n) is 13.1. The molecule has 2 heterocycles. The van der Waals surface area contributed by atoms with Crippen molar-refractivity contribution in [2.75, 3.05) is 30.0 Å². The molecule has 0 saturated carbocycles. The van der Waals surface area contributed by atoms with Gasteiger partial charge in [-0.25, -0.2) is 0 Å². The highest BCUT2D eigenvalue weighted by Crippen LogP contribution is 2.42. The zero-order valence-electron chi connectivity index (χ0n) is 22.0. The van der Waals surface area contributed by atoms with Gasteiger partial charge in [-0.2, -0.15) is 24.9 Å². The van der Waals surface area contributed by atoms with Crippen molar-refractivity contribution in [3.63, 3.8) is 0 Å². The van der Waals surface area contributed by atoms with Gasteiger partial charge < -0.3 is 29.9 Å². The molecule has 3 N–H and O–H groups in total. The van der Waals surface area contributed by atoms with Gasteiger partial charge in [0.05, 0.1) is 25.4 Å². The minimum absolute atomic E-state index is 0.0372. The molecular weight excluding hydrogens is 549 g/mol. The lowest BCUT2D eigenvalue weighted by Gasteiger charge is -2.41. The normalized spacial score (nSPS) is 25.1. The van der Waals surface area contributed by atoms with Crippen molar-refractivity contribution in [1.29, 1.82) is 0 Å². The summed E-state index contributed by atoms with van der Waals surface area (Å²) >= 11 is 1.56. The fraction of sp³-hybridized carbons (Fsp3) is 0.500. The fourth-order valence-corrected chi connectivity index (χ4v) is 5.92. The summed E-state index contributed by atoms with van der Waals surface area (Å²) in [5.74, 6) is -1.56. The zero-order chi connectivity index (χ0) is 28.9. The minimum Gasteiger partial charge on any atom is -0.396 e. The molecule has 2 amide bonds. The van der Waals surface area contributed by atoms with Crippen LogP contribution in [0.5, 0.6) is 0 Å². The number of halogens is 3. The van der Waals surface area contributed by atoms with E-state index in [1.165, 1.54) is 0 Å². The summed E-state index contributed by atoms with van der Waals surface area (Å²) in [5.41, 5.74) is 2.63. The van der Waals surface area contributed by atoms with Gasteiger partial charge in [-0.05, 0) is 36.1 Å². The average molecular weight is 583 g/mol. The maximum atomic E-state index is 13.0. The Kier molecular flexibility index (Phi) is 10.1. The van der Waals surface area contributed by atoms with Gasteiger partial charge in [-0.15, -0.1) is 0 Å². The number of thioether (sulfide) groups is 1. The van der Waals surface area contributed by atoms with Crippen molar-refractivity contribution in [2.45, 2.75) is 57.1 Å². The highest BCUT2D eigenvalue weighted by Gasteiger charge is 2.47. The monoisotopic (exact) mass is 582 g/mol. The molecule has 12 heteroatoms. The maximum Gasteiger partial charge on any atom is 0.471 e. The minimum atomic E-state index is -5.05. The van der Waals surface area contributed by atoms with Crippen molar-refractivity contribution in [3.8, 4) is 0 Å². The van der Waals surface area contributed by atoms with Gasteiger partial charge in [0.2, 0.25) is 5.91 Å². The second-order valence-electron chi connectivity index (χ2n) is 9.89. The number of aliphatic hydroxyl groups is 2. The summed E-state index contributed by atoms with van der Waals surface area (Å²) in [6.07, 6.45) is -5.97. The van der Waals surface area contributed by atoms with E-state index in [0.717, 1.165) is 11.1 Å². The number of rotatable bonds is 9. The average Bonchev–Trinajstić information content (AvgIpc) is 3.43. The van der Waals surface area contributed by atoms with E-state index in [2.05, 4.69) is 5.32 Å². The van der Waals surface area contributed by atoms with Crippen LogP contribution in [0.3, 0.4) is 0 Å². The summed E-state index contributed by atoms with van der Waals surface area (Å²) in [6, 6.07) is 13.0. The summed E-state index contributed by atoms with van der Waals surface area (Å²) < 4.78 is 51.7. The Morgan fingerprint density at radius 2 is 1.85 bits per heavy atom. The number of nitrogens with one attached hydrogen (secondary N) is 1. The standard InChI is InChI=1S/C28H33F3N2O6S/c1-17-23(16-40-13-12-34)38-26(39-24(17)19-9-7-18(15-35)8-10-19)20-4-2-5-21(14-20)32-25(36)22-6-3-11-33(22)27(37)28(29,30)31/h2,4-5,7-10,14,17,22-24,26,34-35H,3,6,11-13,15-16H2,1H3,(H,32,36)/t17-,22+,23+,24+,26+/m1/s1. The van der Waals surface area contributed by atoms with E-state index in [4.69, 9.17) is 9.47 Å². The highest BCUT2D eigenvalue weighted by molar-refractivity contribution is 7.99. The van der Waals surface area contributed by atoms with Gasteiger partial charge in [0, 0.05) is 35.2 Å². The summed E-state index contributed by atoms with van der Waals surface area (Å²) in [4.78, 5) is 25.3. The Hall–Kier alpha value is -2.64. The van der Waals surface area contributed by atoms with Crippen molar-refractivity contribution in [3.05, 3.63) is 65.2 Å². The number of hydrogen-bond donors (Lipinski definition) is 3. The van der Waals surface area contributed by atoms with Gasteiger partial charge in [-0.1, -0.05) is 43.3 Å². The molecule has 5 atom stereocenters. The number of carbonyl (C=O) groups excluding carboxylic acids is 2. The van der Waals surface area contributed by atoms with Gasteiger partial charge in [0.25, 0.3) is 0 Å². The summed E-state index contributed by atoms with van der Waals surface area (Å²) in [7, 11) is 0. The Morgan fingerprint density at radius 1 is 1.10 bits per heavy atom. The van der Waals surface area contributed by atoms with Crippen molar-refractivity contribution >= 4 is 29.3 Å². The van der Waals surface area contributed by atoms with Crippen molar-refractivity contribution < 1.29 is 42.4 Å². The molecule has 2 aliphatic rings. The van der Waals surface area contributed by atoms with Crippen molar-refractivity contribution in [2.24, 2.45) is 5.92 Å². The van der Waals surface area contributed by atoms with Gasteiger partial charge >= 0.3 is 12.1 Å².